The lowest BCUT2D eigenvalue weighted by atomic mass is 9.99. The first-order chi connectivity index (χ1) is 18.9. The molecule has 0 spiro atoms. The van der Waals surface area contributed by atoms with E-state index in [4.69, 9.17) is 4.74 Å². The summed E-state index contributed by atoms with van der Waals surface area (Å²) in [4.78, 5) is 25.6. The minimum atomic E-state index is -4.91. The number of benzene rings is 2. The van der Waals surface area contributed by atoms with E-state index in [-0.39, 0.29) is 24.8 Å². The Kier molecular flexibility index (Phi) is 7.96. The average Bonchev–Trinajstić information content (AvgIpc) is 3.39. The molecule has 0 unspecified atom stereocenters. The summed E-state index contributed by atoms with van der Waals surface area (Å²) in [7, 11) is 0. The number of rotatable bonds is 6. The molecule has 0 bridgehead atoms. The Bertz CT molecular complexity index is 1680. The number of pyridine rings is 1. The van der Waals surface area contributed by atoms with Crippen molar-refractivity contribution in [1.82, 2.24) is 14.3 Å². The largest absolute Gasteiger partial charge is 0.448 e. The van der Waals surface area contributed by atoms with Gasteiger partial charge >= 0.3 is 12.3 Å². The van der Waals surface area contributed by atoms with Gasteiger partial charge in [0.25, 0.3) is 5.56 Å². The number of carbonyl (C=O) groups excluding carboxylic acids is 1. The van der Waals surface area contributed by atoms with E-state index in [1.165, 1.54) is 23.0 Å². The molecule has 0 N–H and O–H groups in total. The molecular formula is C30H27F3N4O3. The number of aromatic nitrogens is 3. The molecule has 4 aromatic rings. The third kappa shape index (κ3) is 5.99. The van der Waals surface area contributed by atoms with Crippen molar-refractivity contribution >= 4 is 6.09 Å². The second-order valence-electron chi connectivity index (χ2n) is 9.97. The molecule has 0 aliphatic heterocycles. The molecule has 2 heterocycles. The fourth-order valence-electron chi connectivity index (χ4n) is 4.30. The fourth-order valence-corrected chi connectivity index (χ4v) is 4.30. The number of halogens is 3. The number of ether oxygens (including phenoxy) is 1. The number of aryl methyl sites for hydroxylation is 2. The summed E-state index contributed by atoms with van der Waals surface area (Å²) in [6.07, 6.45) is -2.66. The van der Waals surface area contributed by atoms with Gasteiger partial charge in [0.05, 0.1) is 30.6 Å². The maximum absolute atomic E-state index is 14.0. The van der Waals surface area contributed by atoms with Gasteiger partial charge in [-0.05, 0) is 54.2 Å². The van der Waals surface area contributed by atoms with Crippen molar-refractivity contribution in [2.24, 2.45) is 5.92 Å². The summed E-state index contributed by atoms with van der Waals surface area (Å²) in [5, 5.41) is 13.6. The first-order valence-electron chi connectivity index (χ1n) is 12.5. The molecule has 10 heteroatoms. The van der Waals surface area contributed by atoms with Gasteiger partial charge in [-0.15, -0.1) is 0 Å². The van der Waals surface area contributed by atoms with E-state index in [1.807, 2.05) is 45.9 Å². The Morgan fingerprint density at radius 1 is 1.07 bits per heavy atom. The molecule has 2 aromatic heterocycles. The second kappa shape index (κ2) is 11.2. The van der Waals surface area contributed by atoms with Crippen molar-refractivity contribution in [2.75, 3.05) is 6.61 Å². The van der Waals surface area contributed by atoms with Crippen molar-refractivity contribution in [3.05, 3.63) is 99.1 Å². The third-order valence-corrected chi connectivity index (χ3v) is 6.35. The number of nitriles is 1. The van der Waals surface area contributed by atoms with Crippen LogP contribution in [-0.2, 0) is 17.5 Å². The zero-order valence-electron chi connectivity index (χ0n) is 22.4. The number of hydrogen-bond acceptors (Lipinski definition) is 5. The van der Waals surface area contributed by atoms with Crippen LogP contribution < -0.4 is 5.56 Å². The van der Waals surface area contributed by atoms with Gasteiger partial charge < -0.3 is 9.30 Å². The van der Waals surface area contributed by atoms with Crippen LogP contribution in [0.1, 0.15) is 41.7 Å². The van der Waals surface area contributed by atoms with E-state index >= 15 is 0 Å². The molecule has 0 amide bonds. The minimum Gasteiger partial charge on any atom is -0.448 e. The summed E-state index contributed by atoms with van der Waals surface area (Å²) in [6.45, 7) is 7.77. The van der Waals surface area contributed by atoms with E-state index in [1.54, 1.807) is 24.3 Å². The zero-order valence-corrected chi connectivity index (χ0v) is 22.4. The summed E-state index contributed by atoms with van der Waals surface area (Å²) >= 11 is 0. The van der Waals surface area contributed by atoms with E-state index < -0.39 is 29.0 Å². The first-order valence-corrected chi connectivity index (χ1v) is 12.5. The van der Waals surface area contributed by atoms with Gasteiger partial charge in [0.2, 0.25) is 0 Å². The topological polar surface area (TPSA) is 89.9 Å². The smallest absolute Gasteiger partial charge is 0.434 e. The highest BCUT2D eigenvalue weighted by atomic mass is 19.4. The van der Waals surface area contributed by atoms with Crippen LogP contribution in [0.2, 0.25) is 0 Å². The standard InChI is InChI=1S/C30H27F3N4O3/c1-18(2)17-40-29(39)37-16-24(14-35-37)21-6-5-7-22(11-21)27-12-26(30(31,32)33)25(13-34)28(38)36(27)15-23-9-8-19(3)10-20(23)4/h5-12,14,16,18H,15,17H2,1-4H3. The van der Waals surface area contributed by atoms with Crippen molar-refractivity contribution in [2.45, 2.75) is 40.4 Å². The fraction of sp³-hybridized carbons (Fsp3) is 0.267. The van der Waals surface area contributed by atoms with E-state index in [0.29, 0.717) is 16.7 Å². The highest BCUT2D eigenvalue weighted by Crippen LogP contribution is 2.35. The van der Waals surface area contributed by atoms with Gasteiger partial charge in [-0.2, -0.15) is 28.2 Å². The van der Waals surface area contributed by atoms with Crippen molar-refractivity contribution < 1.29 is 22.7 Å². The molecule has 0 atom stereocenters. The lowest BCUT2D eigenvalue weighted by molar-refractivity contribution is -0.137. The van der Waals surface area contributed by atoms with Crippen molar-refractivity contribution in [3.8, 4) is 28.5 Å². The van der Waals surface area contributed by atoms with Crippen LogP contribution in [-0.4, -0.2) is 27.0 Å². The van der Waals surface area contributed by atoms with Crippen molar-refractivity contribution in [1.29, 1.82) is 5.26 Å². The number of nitrogens with zero attached hydrogens (tertiary/aromatic N) is 4. The molecule has 206 valence electrons. The van der Waals surface area contributed by atoms with Crippen LogP contribution >= 0.6 is 0 Å². The van der Waals surface area contributed by atoms with Crippen LogP contribution in [0.15, 0.2) is 65.7 Å². The Morgan fingerprint density at radius 2 is 1.80 bits per heavy atom. The predicted molar refractivity (Wildman–Crippen MR) is 144 cm³/mol. The lowest BCUT2D eigenvalue weighted by Gasteiger charge is -2.19. The number of alkyl halides is 3. The van der Waals surface area contributed by atoms with Gasteiger partial charge in [-0.25, -0.2) is 4.79 Å². The normalized spacial score (nSPS) is 11.5. The molecule has 0 saturated carbocycles. The first kappa shape index (κ1) is 28.4. The number of hydrogen-bond donors (Lipinski definition) is 0. The second-order valence-corrected chi connectivity index (χ2v) is 9.97. The van der Waals surface area contributed by atoms with Crippen LogP contribution in [0.4, 0.5) is 18.0 Å². The molecule has 0 radical (unpaired) electrons. The van der Waals surface area contributed by atoms with E-state index in [9.17, 15) is 28.0 Å². The SMILES string of the molecule is Cc1ccc(Cn2c(-c3cccc(-c4cnn(C(=O)OCC(C)C)c4)c3)cc(C(F)(F)F)c(C#N)c2=O)c(C)c1. The highest BCUT2D eigenvalue weighted by molar-refractivity contribution is 5.75. The van der Waals surface area contributed by atoms with Gasteiger partial charge in [0, 0.05) is 11.8 Å². The Hall–Kier alpha value is -4.65. The Morgan fingerprint density at radius 3 is 2.45 bits per heavy atom. The molecule has 40 heavy (non-hydrogen) atoms. The van der Waals surface area contributed by atoms with Crippen LogP contribution in [0.3, 0.4) is 0 Å². The quantitative estimate of drug-likeness (QED) is 0.272. The third-order valence-electron chi connectivity index (χ3n) is 6.35. The van der Waals surface area contributed by atoms with Gasteiger partial charge in [-0.3, -0.25) is 4.79 Å². The highest BCUT2D eigenvalue weighted by Gasteiger charge is 2.36. The van der Waals surface area contributed by atoms with Crippen LogP contribution in [0.5, 0.6) is 0 Å². The molecule has 0 aliphatic carbocycles. The Balaban J connectivity index is 1.84. The number of carbonyl (C=O) groups is 1. The molecule has 0 fully saturated rings. The Labute approximate surface area is 229 Å². The van der Waals surface area contributed by atoms with Crippen molar-refractivity contribution in [3.63, 3.8) is 0 Å². The van der Waals surface area contributed by atoms with Gasteiger partial charge in [-0.1, -0.05) is 55.8 Å². The van der Waals surface area contributed by atoms with Gasteiger partial charge in [0.15, 0.2) is 0 Å². The molecule has 4 rings (SSSR count). The van der Waals surface area contributed by atoms with E-state index in [2.05, 4.69) is 5.10 Å². The zero-order chi connectivity index (χ0) is 29.2. The molecule has 2 aromatic carbocycles. The summed E-state index contributed by atoms with van der Waals surface area (Å²) in [6, 6.07) is 14.4. The molecular weight excluding hydrogens is 521 g/mol. The minimum absolute atomic E-state index is 0.00175. The van der Waals surface area contributed by atoms with Gasteiger partial charge in [0.1, 0.15) is 11.6 Å². The van der Waals surface area contributed by atoms with Crippen LogP contribution in [0, 0.1) is 31.1 Å². The maximum Gasteiger partial charge on any atom is 0.434 e. The van der Waals surface area contributed by atoms with E-state index in [0.717, 1.165) is 27.4 Å². The summed E-state index contributed by atoms with van der Waals surface area (Å²) in [5.41, 5.74) is 0.721. The molecule has 7 nitrogen and oxygen atoms in total. The lowest BCUT2D eigenvalue weighted by Crippen LogP contribution is -2.29. The van der Waals surface area contributed by atoms with Crippen LogP contribution in [0.25, 0.3) is 22.4 Å². The average molecular weight is 549 g/mol. The summed E-state index contributed by atoms with van der Waals surface area (Å²) < 4.78 is 49.3. The maximum atomic E-state index is 14.0. The summed E-state index contributed by atoms with van der Waals surface area (Å²) in [5.74, 6) is 0.144. The molecule has 0 saturated heterocycles. The molecule has 0 aliphatic rings. The monoisotopic (exact) mass is 548 g/mol. The predicted octanol–water partition coefficient (Wildman–Crippen LogP) is 6.58.